The molecule has 0 bridgehead atoms. The van der Waals surface area contributed by atoms with Gasteiger partial charge in [0.05, 0.1) is 26.4 Å². The zero-order valence-electron chi connectivity index (χ0n) is 60.0. The fraction of sp³-hybridized carbons (Fsp3) is 0.714. The van der Waals surface area contributed by atoms with Crippen molar-refractivity contribution < 1.29 is 80.2 Å². The Balaban J connectivity index is 5.37. The Labute approximate surface area is 581 Å². The number of hydrogen-bond donors (Lipinski definition) is 3. The molecule has 5 unspecified atom stereocenters. The third-order valence-corrected chi connectivity index (χ3v) is 17.1. The fourth-order valence-corrected chi connectivity index (χ4v) is 11.2. The molecule has 96 heavy (non-hydrogen) atoms. The highest BCUT2D eigenvalue weighted by Crippen LogP contribution is 2.45. The molecule has 0 aliphatic rings. The van der Waals surface area contributed by atoms with Gasteiger partial charge in [0.25, 0.3) is 0 Å². The lowest BCUT2D eigenvalue weighted by Gasteiger charge is -2.21. The van der Waals surface area contributed by atoms with Gasteiger partial charge in [-0.1, -0.05) is 253 Å². The Morgan fingerprint density at radius 1 is 0.302 bits per heavy atom. The van der Waals surface area contributed by atoms with Crippen LogP contribution in [-0.2, 0) is 65.4 Å². The van der Waals surface area contributed by atoms with Gasteiger partial charge in [0.1, 0.15) is 19.3 Å². The van der Waals surface area contributed by atoms with E-state index in [1.165, 1.54) is 64.2 Å². The highest BCUT2D eigenvalue weighted by Gasteiger charge is 2.30. The largest absolute Gasteiger partial charge is 0.472 e. The first-order chi connectivity index (χ1) is 46.7. The van der Waals surface area contributed by atoms with Crippen LogP contribution in [0.5, 0.6) is 0 Å². The SMILES string of the molecule is CC/C=C\C/C=C\C/C=C\C/C=C\CCCCCCC(=O)OCC(COP(=O)(O)OCC(O)COP(=O)(O)OCC(COC(=O)CCCC/C=C\C/C=C\C/C=C\C/C=C\CC)OC(=O)CCCCCCC/C=C\CCCCCC)OC(=O)CCCCCCCCCCCCC. The van der Waals surface area contributed by atoms with E-state index in [4.69, 9.17) is 37.0 Å². The van der Waals surface area contributed by atoms with Gasteiger partial charge < -0.3 is 33.8 Å². The van der Waals surface area contributed by atoms with Crippen molar-refractivity contribution in [2.45, 2.75) is 316 Å². The van der Waals surface area contributed by atoms with Crippen LogP contribution in [0.25, 0.3) is 0 Å². The number of carbonyl (C=O) groups is 4. The number of carbonyl (C=O) groups excluding carboxylic acids is 4. The summed E-state index contributed by atoms with van der Waals surface area (Å²) in [7, 11) is -9.96. The van der Waals surface area contributed by atoms with Gasteiger partial charge in [-0.05, 0) is 128 Å². The second-order valence-electron chi connectivity index (χ2n) is 24.5. The molecule has 0 rings (SSSR count). The molecule has 0 saturated heterocycles. The maximum Gasteiger partial charge on any atom is 0.472 e. The van der Waals surface area contributed by atoms with Crippen molar-refractivity contribution in [1.29, 1.82) is 0 Å². The van der Waals surface area contributed by atoms with Gasteiger partial charge >= 0.3 is 39.5 Å². The van der Waals surface area contributed by atoms with Gasteiger partial charge in [0.15, 0.2) is 12.2 Å². The molecule has 0 aliphatic carbocycles. The molecule has 552 valence electrons. The predicted octanol–water partition coefficient (Wildman–Crippen LogP) is 21.0. The van der Waals surface area contributed by atoms with E-state index in [1.54, 1.807) is 0 Å². The average molecular weight is 1390 g/mol. The summed E-state index contributed by atoms with van der Waals surface area (Å²) in [6.45, 7) is 4.54. The number of aliphatic hydroxyl groups is 1. The summed E-state index contributed by atoms with van der Waals surface area (Å²) in [6, 6.07) is 0. The Hall–Kier alpha value is -4.28. The molecule has 0 radical (unpaired) electrons. The second-order valence-corrected chi connectivity index (χ2v) is 27.4. The maximum atomic E-state index is 13.0. The zero-order valence-corrected chi connectivity index (χ0v) is 61.8. The van der Waals surface area contributed by atoms with E-state index in [0.717, 1.165) is 154 Å². The normalized spacial score (nSPS) is 14.6. The van der Waals surface area contributed by atoms with Crippen LogP contribution in [0.1, 0.15) is 297 Å². The summed E-state index contributed by atoms with van der Waals surface area (Å²) in [5.41, 5.74) is 0. The average Bonchev–Trinajstić information content (AvgIpc) is 1.13. The Bertz CT molecular complexity index is 2250. The summed E-state index contributed by atoms with van der Waals surface area (Å²) >= 11 is 0. The van der Waals surface area contributed by atoms with Gasteiger partial charge in [0, 0.05) is 25.7 Å². The van der Waals surface area contributed by atoms with Crippen LogP contribution < -0.4 is 0 Å². The Kier molecular flexibility index (Phi) is 66.1. The van der Waals surface area contributed by atoms with Crippen LogP contribution in [0.15, 0.2) is 109 Å². The Morgan fingerprint density at radius 2 is 0.542 bits per heavy atom. The molecular formula is C77H132O17P2. The topological polar surface area (TPSA) is 237 Å². The lowest BCUT2D eigenvalue weighted by atomic mass is 10.1. The van der Waals surface area contributed by atoms with Gasteiger partial charge in [-0.15, -0.1) is 0 Å². The molecule has 0 fully saturated rings. The van der Waals surface area contributed by atoms with Crippen molar-refractivity contribution in [3.05, 3.63) is 109 Å². The van der Waals surface area contributed by atoms with Crippen molar-refractivity contribution in [3.8, 4) is 0 Å². The smallest absolute Gasteiger partial charge is 0.462 e. The van der Waals surface area contributed by atoms with Gasteiger partial charge in [-0.25, -0.2) is 9.13 Å². The molecule has 0 saturated carbocycles. The highest BCUT2D eigenvalue weighted by atomic mass is 31.2. The van der Waals surface area contributed by atoms with Crippen molar-refractivity contribution >= 4 is 39.5 Å². The van der Waals surface area contributed by atoms with E-state index in [-0.39, 0.29) is 25.7 Å². The van der Waals surface area contributed by atoms with Crippen LogP contribution in [0.4, 0.5) is 0 Å². The van der Waals surface area contributed by atoms with Gasteiger partial charge in [0.2, 0.25) is 0 Å². The quantitative estimate of drug-likeness (QED) is 0.0169. The number of esters is 4. The summed E-state index contributed by atoms with van der Waals surface area (Å²) in [5.74, 6) is -2.25. The lowest BCUT2D eigenvalue weighted by Crippen LogP contribution is -2.30. The molecule has 19 heteroatoms. The van der Waals surface area contributed by atoms with Crippen molar-refractivity contribution in [3.63, 3.8) is 0 Å². The molecule has 0 amide bonds. The van der Waals surface area contributed by atoms with Gasteiger partial charge in [-0.3, -0.25) is 37.3 Å². The number of ether oxygens (including phenoxy) is 4. The van der Waals surface area contributed by atoms with Crippen LogP contribution >= 0.6 is 15.6 Å². The number of allylic oxidation sites excluding steroid dienone is 18. The molecule has 0 aromatic rings. The molecule has 3 N–H and O–H groups in total. The highest BCUT2D eigenvalue weighted by molar-refractivity contribution is 7.47. The molecular weight excluding hydrogens is 1260 g/mol. The summed E-state index contributed by atoms with van der Waals surface area (Å²) < 4.78 is 68.3. The molecule has 0 aliphatic heterocycles. The van der Waals surface area contributed by atoms with Crippen molar-refractivity contribution in [2.75, 3.05) is 39.6 Å². The van der Waals surface area contributed by atoms with Crippen molar-refractivity contribution in [1.82, 2.24) is 0 Å². The van der Waals surface area contributed by atoms with E-state index in [9.17, 15) is 43.2 Å². The molecule has 0 aromatic carbocycles. The standard InChI is InChI=1S/C77H132O17P2/c1-5-9-13-17-21-25-29-32-34-35-37-40-43-46-50-54-58-62-75(80)87-67-72(93-76(81)63-59-55-51-47-41-28-24-20-16-12-8-4)69-91-95(83,84)89-65-71(78)66-90-96(85,86)92-70-73(94-77(82)64-60-56-52-48-44-38-31-27-23-19-15-11-7-3)68-88-74(79)61-57-53-49-45-42-39-36-33-30-26-22-18-14-10-6-2/h9-10,13-14,21-22,25-27,31-34,36-37,40,42,45,71-73,78H,5-8,11-12,15-20,23-24,28-30,35,38-39,41,43-44,46-70H2,1-4H3,(H,83,84)(H,85,86)/b13-9-,14-10-,25-21-,26-22-,31-27-,34-32-,36-33-,40-37-,45-42-. The minimum Gasteiger partial charge on any atom is -0.462 e. The van der Waals surface area contributed by atoms with Crippen LogP contribution in [0, 0.1) is 0 Å². The number of aliphatic hydroxyl groups excluding tert-OH is 1. The summed E-state index contributed by atoms with van der Waals surface area (Å²) in [4.78, 5) is 72.7. The lowest BCUT2D eigenvalue weighted by molar-refractivity contribution is -0.161. The number of rotatable bonds is 69. The molecule has 0 spiro atoms. The number of phosphoric acid groups is 2. The van der Waals surface area contributed by atoms with Crippen molar-refractivity contribution in [2.24, 2.45) is 0 Å². The minimum atomic E-state index is -4.98. The van der Waals surface area contributed by atoms with E-state index in [0.29, 0.717) is 25.7 Å². The van der Waals surface area contributed by atoms with Crippen LogP contribution in [0.3, 0.4) is 0 Å². The maximum absolute atomic E-state index is 13.0. The first-order valence-corrected chi connectivity index (χ1v) is 40.1. The van der Waals surface area contributed by atoms with E-state index < -0.39 is 97.5 Å². The van der Waals surface area contributed by atoms with E-state index >= 15 is 0 Å². The molecule has 17 nitrogen and oxygen atoms in total. The third-order valence-electron chi connectivity index (χ3n) is 15.2. The van der Waals surface area contributed by atoms with Crippen LogP contribution in [-0.4, -0.2) is 96.7 Å². The molecule has 5 atom stereocenters. The first kappa shape index (κ1) is 91.7. The number of phosphoric ester groups is 2. The van der Waals surface area contributed by atoms with Gasteiger partial charge in [-0.2, -0.15) is 0 Å². The number of hydrogen-bond acceptors (Lipinski definition) is 15. The minimum absolute atomic E-state index is 0.0747. The van der Waals surface area contributed by atoms with E-state index in [2.05, 4.69) is 137 Å². The summed E-state index contributed by atoms with van der Waals surface area (Å²) in [5, 5.41) is 10.6. The Morgan fingerprint density at radius 3 is 0.875 bits per heavy atom. The number of unbranched alkanes of at least 4 members (excludes halogenated alkanes) is 25. The molecule has 0 heterocycles. The molecule has 0 aromatic heterocycles. The fourth-order valence-electron chi connectivity index (χ4n) is 9.61. The monoisotopic (exact) mass is 1390 g/mol. The zero-order chi connectivity index (χ0) is 70.4. The van der Waals surface area contributed by atoms with Crippen LogP contribution in [0.2, 0.25) is 0 Å². The third kappa shape index (κ3) is 68.3. The predicted molar refractivity (Wildman–Crippen MR) is 390 cm³/mol. The second kappa shape index (κ2) is 69.2. The van der Waals surface area contributed by atoms with E-state index in [1.807, 2.05) is 0 Å². The first-order valence-electron chi connectivity index (χ1n) is 37.1. The summed E-state index contributed by atoms with van der Waals surface area (Å²) in [6.07, 6.45) is 72.4.